The maximum absolute atomic E-state index is 14.3. The van der Waals surface area contributed by atoms with E-state index >= 15 is 0 Å². The highest BCUT2D eigenvalue weighted by Crippen LogP contribution is 2.47. The van der Waals surface area contributed by atoms with Crippen molar-refractivity contribution in [1.82, 2.24) is 25.2 Å². The van der Waals surface area contributed by atoms with Crippen molar-refractivity contribution in [2.45, 2.75) is 140 Å². The van der Waals surface area contributed by atoms with Gasteiger partial charge in [0.1, 0.15) is 17.6 Å². The largest absolute Gasteiger partial charge is 0.450 e. The van der Waals surface area contributed by atoms with Crippen LogP contribution in [0.15, 0.2) is 18.2 Å². The van der Waals surface area contributed by atoms with Crippen LogP contribution in [0.1, 0.15) is 114 Å². The number of sulfonamides is 1. The fourth-order valence-corrected chi connectivity index (χ4v) is 9.49. The predicted octanol–water partition coefficient (Wildman–Crippen LogP) is 3.43. The number of ether oxygens (including phenoxy) is 1. The van der Waals surface area contributed by atoms with Crippen LogP contribution in [0.5, 0.6) is 0 Å². The number of hydrogen-bond donors (Lipinski definition) is 3. The molecule has 6 rings (SSSR count). The van der Waals surface area contributed by atoms with Gasteiger partial charge in [0.15, 0.2) is 0 Å². The zero-order valence-corrected chi connectivity index (χ0v) is 30.7. The predicted molar refractivity (Wildman–Crippen MR) is 188 cm³/mol. The van der Waals surface area contributed by atoms with E-state index in [9.17, 15) is 32.4 Å². The standard InChI is InChI=1S/C37H53N5O8S/c1-3-5-14-30-34(45)42-21-24(18-31(42)33(44)39-37(20-27(37)4-2)35(46)40-51(48,49)28-15-16-28)19-32(43)41-22-26-13-10-12-25(29(26)23-41)11-8-6-7-9-17-50-36(47)38-30/h10,12-13,24,27-28,30-31H,3-9,11,14-23H2,1-2H3,(H,38,47)(H,39,44)(H,40,46)/t24-,27+,30-,31-,37+/m0/s1. The zero-order valence-electron chi connectivity index (χ0n) is 29.9. The molecule has 4 bridgehead atoms. The molecule has 2 saturated carbocycles. The molecule has 5 atom stereocenters. The van der Waals surface area contributed by atoms with Crippen molar-refractivity contribution in [2.24, 2.45) is 11.8 Å². The minimum absolute atomic E-state index is 0.0522. The summed E-state index contributed by atoms with van der Waals surface area (Å²) in [6.45, 7) is 5.26. The van der Waals surface area contributed by atoms with Gasteiger partial charge in [-0.1, -0.05) is 64.2 Å². The fraction of sp³-hybridized carbons (Fsp3) is 0.703. The Kier molecular flexibility index (Phi) is 11.3. The quantitative estimate of drug-likeness (QED) is 0.348. The summed E-state index contributed by atoms with van der Waals surface area (Å²) in [6.07, 6.45) is 7.69. The number of carbonyl (C=O) groups excluding carboxylic acids is 5. The number of amides is 5. The molecular formula is C37H53N5O8S. The van der Waals surface area contributed by atoms with E-state index in [4.69, 9.17) is 4.74 Å². The highest BCUT2D eigenvalue weighted by molar-refractivity contribution is 7.91. The van der Waals surface area contributed by atoms with Gasteiger partial charge in [-0.3, -0.25) is 23.9 Å². The summed E-state index contributed by atoms with van der Waals surface area (Å²) in [5.74, 6) is -2.42. The molecule has 5 amide bonds. The third-order valence-corrected chi connectivity index (χ3v) is 13.2. The van der Waals surface area contributed by atoms with E-state index in [1.165, 1.54) is 16.0 Å². The Morgan fingerprint density at radius 1 is 1.04 bits per heavy atom. The molecule has 51 heavy (non-hydrogen) atoms. The second-order valence-corrected chi connectivity index (χ2v) is 17.2. The topological polar surface area (TPSA) is 171 Å². The summed E-state index contributed by atoms with van der Waals surface area (Å²) in [5, 5.41) is 5.02. The van der Waals surface area contributed by atoms with Gasteiger partial charge in [0.2, 0.25) is 27.7 Å². The summed E-state index contributed by atoms with van der Waals surface area (Å²) >= 11 is 0. The van der Waals surface area contributed by atoms with Crippen LogP contribution in [-0.4, -0.2) is 84.0 Å². The first kappa shape index (κ1) is 37.1. The van der Waals surface area contributed by atoms with Crippen LogP contribution in [0.3, 0.4) is 0 Å². The summed E-state index contributed by atoms with van der Waals surface area (Å²) in [7, 11) is -3.84. The number of aryl methyl sites for hydroxylation is 1. The Bertz CT molecular complexity index is 1630. The molecule has 1 saturated heterocycles. The van der Waals surface area contributed by atoms with E-state index in [2.05, 4.69) is 27.5 Å². The van der Waals surface area contributed by atoms with E-state index in [1.807, 2.05) is 24.8 Å². The average Bonchev–Trinajstić information content (AvgIpc) is 3.99. The van der Waals surface area contributed by atoms with Crippen LogP contribution in [0.25, 0.3) is 0 Å². The highest BCUT2D eigenvalue weighted by Gasteiger charge is 2.62. The lowest BCUT2D eigenvalue weighted by molar-refractivity contribution is -0.141. The van der Waals surface area contributed by atoms with E-state index in [0.29, 0.717) is 51.6 Å². The molecule has 14 heteroatoms. The number of nitrogens with one attached hydrogen (secondary N) is 3. The molecule has 0 radical (unpaired) electrons. The first-order valence-corrected chi connectivity index (χ1v) is 20.5. The van der Waals surface area contributed by atoms with Crippen molar-refractivity contribution in [3.8, 4) is 0 Å². The van der Waals surface area contributed by atoms with Gasteiger partial charge in [-0.15, -0.1) is 0 Å². The number of benzene rings is 1. The third-order valence-electron chi connectivity index (χ3n) is 11.4. The molecule has 3 N–H and O–H groups in total. The Morgan fingerprint density at radius 2 is 1.80 bits per heavy atom. The first-order valence-electron chi connectivity index (χ1n) is 18.9. The van der Waals surface area contributed by atoms with Crippen molar-refractivity contribution < 1.29 is 37.1 Å². The van der Waals surface area contributed by atoms with Crippen LogP contribution in [0.2, 0.25) is 0 Å². The van der Waals surface area contributed by atoms with Gasteiger partial charge in [0, 0.05) is 26.1 Å². The van der Waals surface area contributed by atoms with E-state index in [-0.39, 0.29) is 50.2 Å². The SMILES string of the molecule is CCCC[C@@H]1NC(=O)OCCCCCCc2cccc3c2CN(C3)C(=O)C[C@@H]2C[C@@H](C(=O)N[C@]3(C(=O)NS(=O)(=O)C4CC4)C[C@H]3CC)N(C2)C1=O. The van der Waals surface area contributed by atoms with Gasteiger partial charge in [0.05, 0.1) is 11.9 Å². The highest BCUT2D eigenvalue weighted by atomic mass is 32.2. The van der Waals surface area contributed by atoms with Crippen molar-refractivity contribution in [2.75, 3.05) is 13.2 Å². The molecular weight excluding hydrogens is 675 g/mol. The van der Waals surface area contributed by atoms with Crippen molar-refractivity contribution in [3.63, 3.8) is 0 Å². The molecule has 5 aliphatic rings. The minimum Gasteiger partial charge on any atom is -0.450 e. The Hall–Kier alpha value is -3.68. The molecule has 3 heterocycles. The molecule has 1 aromatic carbocycles. The lowest BCUT2D eigenvalue weighted by atomic mass is 9.98. The smallest absolute Gasteiger partial charge is 0.407 e. The van der Waals surface area contributed by atoms with Crippen LogP contribution < -0.4 is 15.4 Å². The summed E-state index contributed by atoms with van der Waals surface area (Å²) in [6, 6.07) is 4.28. The molecule has 0 spiro atoms. The summed E-state index contributed by atoms with van der Waals surface area (Å²) in [4.78, 5) is 72.0. The normalized spacial score (nSPS) is 28.9. The van der Waals surface area contributed by atoms with E-state index in [0.717, 1.165) is 37.7 Å². The number of nitrogens with zero attached hydrogens (tertiary/aromatic N) is 2. The van der Waals surface area contributed by atoms with Gasteiger partial charge in [-0.25, -0.2) is 13.2 Å². The van der Waals surface area contributed by atoms with Crippen molar-refractivity contribution in [1.29, 1.82) is 0 Å². The Balaban J connectivity index is 1.24. The number of rotatable bonds is 9. The first-order chi connectivity index (χ1) is 24.5. The minimum atomic E-state index is -3.84. The monoisotopic (exact) mass is 727 g/mol. The Labute approximate surface area is 301 Å². The van der Waals surface area contributed by atoms with Crippen molar-refractivity contribution >= 4 is 39.7 Å². The van der Waals surface area contributed by atoms with Gasteiger partial charge in [-0.05, 0) is 79.9 Å². The number of carbonyl (C=O) groups is 5. The summed E-state index contributed by atoms with van der Waals surface area (Å²) < 4.78 is 33.0. The average molecular weight is 728 g/mol. The molecule has 3 aliphatic heterocycles. The second kappa shape index (κ2) is 15.5. The van der Waals surface area contributed by atoms with Crippen LogP contribution in [0, 0.1) is 11.8 Å². The fourth-order valence-electron chi connectivity index (χ4n) is 8.12. The van der Waals surface area contributed by atoms with E-state index < -0.39 is 56.7 Å². The number of cyclic esters (lactones) is 1. The molecule has 2 aliphatic carbocycles. The van der Waals surface area contributed by atoms with Gasteiger partial charge in [0.25, 0.3) is 5.91 Å². The number of fused-ring (bicyclic) bond motifs is 3. The number of unbranched alkanes of at least 4 members (excludes halogenated alkanes) is 1. The van der Waals surface area contributed by atoms with Crippen molar-refractivity contribution in [3.05, 3.63) is 34.9 Å². The molecule has 13 nitrogen and oxygen atoms in total. The second-order valence-electron chi connectivity index (χ2n) is 15.2. The van der Waals surface area contributed by atoms with Crippen LogP contribution in [-0.2, 0) is 53.4 Å². The molecule has 1 aromatic rings. The van der Waals surface area contributed by atoms with E-state index in [1.54, 1.807) is 0 Å². The molecule has 3 fully saturated rings. The summed E-state index contributed by atoms with van der Waals surface area (Å²) in [5.41, 5.74) is 2.18. The maximum Gasteiger partial charge on any atom is 0.407 e. The lowest BCUT2D eigenvalue weighted by Crippen LogP contribution is -2.58. The van der Waals surface area contributed by atoms with Crippen LogP contribution in [0.4, 0.5) is 4.79 Å². The molecule has 280 valence electrons. The van der Waals surface area contributed by atoms with Gasteiger partial charge < -0.3 is 25.2 Å². The molecule has 0 unspecified atom stereocenters. The third kappa shape index (κ3) is 8.36. The lowest BCUT2D eigenvalue weighted by Gasteiger charge is -2.30. The number of alkyl carbamates (subject to hydrolysis) is 1. The maximum atomic E-state index is 14.3. The number of hydrogen-bond acceptors (Lipinski definition) is 8. The van der Waals surface area contributed by atoms with Crippen LogP contribution >= 0.6 is 0 Å². The van der Waals surface area contributed by atoms with Gasteiger partial charge in [-0.2, -0.15) is 0 Å². The Morgan fingerprint density at radius 3 is 2.53 bits per heavy atom. The molecule has 0 aromatic heterocycles. The van der Waals surface area contributed by atoms with Gasteiger partial charge >= 0.3 is 6.09 Å². The zero-order chi connectivity index (χ0) is 36.3.